The third-order valence-electron chi connectivity index (χ3n) is 5.34. The molecule has 0 bridgehead atoms. The number of esters is 1. The molecule has 24 heavy (non-hydrogen) atoms. The van der Waals surface area contributed by atoms with Crippen LogP contribution in [0.3, 0.4) is 0 Å². The van der Waals surface area contributed by atoms with E-state index in [1.54, 1.807) is 12.1 Å². The Hall–Kier alpha value is -1.39. The van der Waals surface area contributed by atoms with Crippen LogP contribution in [-0.2, 0) is 4.74 Å². The topological polar surface area (TPSA) is 49.8 Å². The van der Waals surface area contributed by atoms with Crippen LogP contribution in [0.1, 0.15) is 50.9 Å². The summed E-state index contributed by atoms with van der Waals surface area (Å²) >= 11 is 0. The van der Waals surface area contributed by atoms with Gasteiger partial charge in [0.15, 0.2) is 0 Å². The van der Waals surface area contributed by atoms with Gasteiger partial charge in [-0.05, 0) is 43.5 Å². The summed E-state index contributed by atoms with van der Waals surface area (Å²) in [4.78, 5) is 14.8. The molecule has 0 amide bonds. The van der Waals surface area contributed by atoms with Gasteiger partial charge < -0.3 is 14.7 Å². The van der Waals surface area contributed by atoms with E-state index >= 15 is 0 Å². The fourth-order valence-corrected chi connectivity index (χ4v) is 3.50. The number of nitrogens with zero attached hydrogens (tertiary/aromatic N) is 1. The van der Waals surface area contributed by atoms with Crippen LogP contribution in [0.2, 0.25) is 0 Å². The van der Waals surface area contributed by atoms with Gasteiger partial charge in [-0.1, -0.05) is 45.9 Å². The van der Waals surface area contributed by atoms with Crippen LogP contribution in [0.4, 0.5) is 0 Å². The molecule has 2 rings (SSSR count). The number of aliphatic hydroxyl groups excluding tert-OH is 1. The maximum Gasteiger partial charge on any atom is 0.338 e. The van der Waals surface area contributed by atoms with Crippen molar-refractivity contribution < 1.29 is 14.6 Å². The summed E-state index contributed by atoms with van der Waals surface area (Å²) < 4.78 is 5.89. The molecule has 1 aromatic carbocycles. The highest BCUT2D eigenvalue weighted by molar-refractivity contribution is 5.89. The lowest BCUT2D eigenvalue weighted by Gasteiger charge is -2.44. The first-order chi connectivity index (χ1) is 11.4. The first kappa shape index (κ1) is 18.9. The first-order valence-electron chi connectivity index (χ1n) is 9.03. The zero-order valence-corrected chi connectivity index (χ0v) is 15.4. The molecule has 4 nitrogen and oxygen atoms in total. The molecular weight excluding hydrogens is 302 g/mol. The van der Waals surface area contributed by atoms with Crippen LogP contribution >= 0.6 is 0 Å². The Bertz CT molecular complexity index is 523. The molecule has 1 fully saturated rings. The minimum absolute atomic E-state index is 0.156. The van der Waals surface area contributed by atoms with E-state index < -0.39 is 0 Å². The second-order valence-electron chi connectivity index (χ2n) is 7.50. The van der Waals surface area contributed by atoms with E-state index in [1.807, 2.05) is 18.2 Å². The average molecular weight is 333 g/mol. The third-order valence-corrected chi connectivity index (χ3v) is 5.34. The fraction of sp³-hybridized carbons (Fsp3) is 0.650. The van der Waals surface area contributed by atoms with E-state index in [2.05, 4.69) is 32.6 Å². The van der Waals surface area contributed by atoms with Crippen molar-refractivity contribution in [2.75, 3.05) is 19.6 Å². The molecule has 134 valence electrons. The first-order valence-corrected chi connectivity index (χ1v) is 9.03. The van der Waals surface area contributed by atoms with Crippen LogP contribution in [0.15, 0.2) is 30.3 Å². The lowest BCUT2D eigenvalue weighted by atomic mass is 9.69. The Balaban J connectivity index is 2.13. The van der Waals surface area contributed by atoms with Crippen molar-refractivity contribution in [2.24, 2.45) is 11.3 Å². The van der Waals surface area contributed by atoms with E-state index in [0.717, 1.165) is 19.6 Å². The van der Waals surface area contributed by atoms with Crippen molar-refractivity contribution >= 4 is 5.97 Å². The number of aliphatic hydroxyl groups is 1. The molecule has 3 atom stereocenters. The van der Waals surface area contributed by atoms with E-state index in [-0.39, 0.29) is 29.5 Å². The third kappa shape index (κ3) is 4.58. The summed E-state index contributed by atoms with van der Waals surface area (Å²) in [7, 11) is 0. The van der Waals surface area contributed by atoms with Crippen molar-refractivity contribution in [1.29, 1.82) is 0 Å². The van der Waals surface area contributed by atoms with Gasteiger partial charge in [-0.15, -0.1) is 0 Å². The quantitative estimate of drug-likeness (QED) is 0.811. The zero-order chi connectivity index (χ0) is 17.7. The van der Waals surface area contributed by atoms with Crippen LogP contribution in [0, 0.1) is 11.3 Å². The highest BCUT2D eigenvalue weighted by Gasteiger charge is 2.43. The van der Waals surface area contributed by atoms with Crippen molar-refractivity contribution in [3.05, 3.63) is 35.9 Å². The van der Waals surface area contributed by atoms with Crippen LogP contribution in [0.5, 0.6) is 0 Å². The highest BCUT2D eigenvalue weighted by Crippen LogP contribution is 2.40. The molecule has 0 aliphatic heterocycles. The molecule has 0 unspecified atom stereocenters. The summed E-state index contributed by atoms with van der Waals surface area (Å²) in [5, 5.41) is 10.5. The summed E-state index contributed by atoms with van der Waals surface area (Å²) in [6, 6.07) is 9.15. The van der Waals surface area contributed by atoms with Crippen LogP contribution < -0.4 is 0 Å². The molecule has 1 aromatic rings. The van der Waals surface area contributed by atoms with Gasteiger partial charge in [-0.2, -0.15) is 0 Å². The predicted octanol–water partition coefficient (Wildman–Crippen LogP) is 3.35. The number of ether oxygens (including phenoxy) is 1. The number of rotatable bonds is 6. The van der Waals surface area contributed by atoms with E-state index in [4.69, 9.17) is 4.74 Å². The lowest BCUT2D eigenvalue weighted by molar-refractivity contribution is -0.0860. The maximum absolute atomic E-state index is 12.5. The average Bonchev–Trinajstić information content (AvgIpc) is 2.57. The van der Waals surface area contributed by atoms with Gasteiger partial charge in [-0.25, -0.2) is 4.79 Å². The minimum Gasteiger partial charge on any atom is -0.458 e. The number of hydrogen-bond acceptors (Lipinski definition) is 4. The van der Waals surface area contributed by atoms with E-state index in [1.165, 1.54) is 0 Å². The Kier molecular flexibility index (Phi) is 6.41. The zero-order valence-electron chi connectivity index (χ0n) is 15.4. The van der Waals surface area contributed by atoms with Gasteiger partial charge in [0.25, 0.3) is 0 Å². The molecule has 0 aromatic heterocycles. The smallest absolute Gasteiger partial charge is 0.338 e. The monoisotopic (exact) mass is 333 g/mol. The Morgan fingerprint density at radius 2 is 1.88 bits per heavy atom. The summed E-state index contributed by atoms with van der Waals surface area (Å²) in [5.41, 5.74) is 0.351. The normalized spacial score (nSPS) is 26.3. The van der Waals surface area contributed by atoms with Crippen LogP contribution in [-0.4, -0.2) is 47.8 Å². The number of carbonyl (C=O) groups excluding carboxylic acids is 1. The summed E-state index contributed by atoms with van der Waals surface area (Å²) in [5.74, 6) is -0.0991. The van der Waals surface area contributed by atoms with Crippen molar-refractivity contribution in [1.82, 2.24) is 4.90 Å². The van der Waals surface area contributed by atoms with Gasteiger partial charge in [-0.3, -0.25) is 0 Å². The lowest BCUT2D eigenvalue weighted by Crippen LogP contribution is -2.49. The number of benzene rings is 1. The predicted molar refractivity (Wildman–Crippen MR) is 95.9 cm³/mol. The number of carbonyl (C=O) groups is 1. The molecule has 1 N–H and O–H groups in total. The largest absolute Gasteiger partial charge is 0.458 e. The summed E-state index contributed by atoms with van der Waals surface area (Å²) in [6.07, 6.45) is 0.857. The van der Waals surface area contributed by atoms with Gasteiger partial charge in [0, 0.05) is 12.5 Å². The molecular formula is C20H31NO3. The molecule has 0 spiro atoms. The van der Waals surface area contributed by atoms with Crippen molar-refractivity contribution in [3.63, 3.8) is 0 Å². The molecule has 1 aliphatic carbocycles. The van der Waals surface area contributed by atoms with Crippen LogP contribution in [0.25, 0.3) is 0 Å². The Morgan fingerprint density at radius 1 is 1.25 bits per heavy atom. The van der Waals surface area contributed by atoms with Gasteiger partial charge in [0.1, 0.15) is 6.10 Å². The van der Waals surface area contributed by atoms with E-state index in [0.29, 0.717) is 18.4 Å². The minimum atomic E-state index is -0.357. The standard InChI is InChI=1S/C20H31NO3/c1-5-21(6-2)14-16-12-18(22)20(3,4)13-17(16)24-19(23)15-10-8-7-9-11-15/h7-11,16-18,22H,5-6,12-14H2,1-4H3/t16-,17-,18+/m0/s1. The maximum atomic E-state index is 12.5. The van der Waals surface area contributed by atoms with Crippen molar-refractivity contribution in [2.45, 2.75) is 52.7 Å². The molecule has 0 saturated heterocycles. The van der Waals surface area contributed by atoms with Gasteiger partial charge >= 0.3 is 5.97 Å². The molecule has 1 saturated carbocycles. The number of hydrogen-bond donors (Lipinski definition) is 1. The molecule has 0 radical (unpaired) electrons. The van der Waals surface area contributed by atoms with E-state index in [9.17, 15) is 9.90 Å². The van der Waals surface area contributed by atoms with Gasteiger partial charge in [0.05, 0.1) is 11.7 Å². The molecule has 1 aliphatic rings. The SMILES string of the molecule is CCN(CC)C[C@@H]1C[C@@H](O)C(C)(C)C[C@@H]1OC(=O)c1ccccc1. The molecule has 4 heteroatoms. The van der Waals surface area contributed by atoms with Gasteiger partial charge in [0.2, 0.25) is 0 Å². The second kappa shape index (κ2) is 8.13. The fourth-order valence-electron chi connectivity index (χ4n) is 3.50. The Labute approximate surface area is 145 Å². The Morgan fingerprint density at radius 3 is 2.46 bits per heavy atom. The van der Waals surface area contributed by atoms with Crippen molar-refractivity contribution in [3.8, 4) is 0 Å². The summed E-state index contributed by atoms with van der Waals surface area (Å²) in [6.45, 7) is 11.2. The second-order valence-corrected chi connectivity index (χ2v) is 7.50. The highest BCUT2D eigenvalue weighted by atomic mass is 16.5. The molecule has 0 heterocycles.